The fourth-order valence-electron chi connectivity index (χ4n) is 2.65. The summed E-state index contributed by atoms with van der Waals surface area (Å²) < 4.78 is 0. The Morgan fingerprint density at radius 3 is 2.07 bits per heavy atom. The molecule has 1 aliphatic heterocycles. The number of thioether (sulfide) groups is 4. The Labute approximate surface area is 189 Å². The Morgan fingerprint density at radius 2 is 1.57 bits per heavy atom. The topological polar surface area (TPSA) is 37.4 Å². The van der Waals surface area contributed by atoms with Crippen molar-refractivity contribution in [3.63, 3.8) is 0 Å². The highest BCUT2D eigenvalue weighted by Crippen LogP contribution is 2.38. The number of unbranched alkanes of at least 4 members (excludes halogenated alkanes) is 5. The fraction of sp³-hybridized carbons (Fsp3) is 0.714. The molecule has 0 aromatic heterocycles. The molecule has 0 aromatic rings. The van der Waals surface area contributed by atoms with Crippen LogP contribution in [0.25, 0.3) is 0 Å². The average Bonchev–Trinajstić information content (AvgIpc) is 2.70. The van der Waals surface area contributed by atoms with Gasteiger partial charge < -0.3 is 4.90 Å². The van der Waals surface area contributed by atoms with Gasteiger partial charge in [-0.1, -0.05) is 46.0 Å². The summed E-state index contributed by atoms with van der Waals surface area (Å²) in [7, 11) is 0. The first-order chi connectivity index (χ1) is 13.5. The molecule has 0 spiro atoms. The molecule has 0 aromatic carbocycles. The largest absolute Gasteiger partial charge is 0.301 e. The van der Waals surface area contributed by atoms with E-state index < -0.39 is 0 Å². The summed E-state index contributed by atoms with van der Waals surface area (Å²) >= 11 is 6.40. The molecule has 28 heavy (non-hydrogen) atoms. The summed E-state index contributed by atoms with van der Waals surface area (Å²) in [6, 6.07) is 0. The quantitative estimate of drug-likeness (QED) is 0.204. The predicted octanol–water partition coefficient (Wildman–Crippen LogP) is 7.01. The highest BCUT2D eigenvalue weighted by atomic mass is 32.2. The molecule has 1 amide bonds. The Morgan fingerprint density at radius 1 is 0.929 bits per heavy atom. The molecular formula is C21H37NO2S4. The lowest BCUT2D eigenvalue weighted by Gasteiger charge is -2.34. The van der Waals surface area contributed by atoms with E-state index in [1.165, 1.54) is 37.1 Å². The van der Waals surface area contributed by atoms with Gasteiger partial charge >= 0.3 is 0 Å². The zero-order valence-electron chi connectivity index (χ0n) is 18.3. The zero-order chi connectivity index (χ0) is 21.4. The average molecular weight is 464 g/mol. The van der Waals surface area contributed by atoms with Crippen molar-refractivity contribution < 1.29 is 9.59 Å². The van der Waals surface area contributed by atoms with Crippen LogP contribution in [0.2, 0.25) is 0 Å². The second kappa shape index (κ2) is 17.8. The molecule has 0 atom stereocenters. The van der Waals surface area contributed by atoms with Crippen molar-refractivity contribution in [1.82, 2.24) is 4.90 Å². The van der Waals surface area contributed by atoms with Gasteiger partial charge in [0.2, 0.25) is 0 Å². The number of ketones is 1. The number of Topliss-reactive ketones (excluding diaryl/α,β-unsaturated/α-hetero) is 1. The van der Waals surface area contributed by atoms with Crippen molar-refractivity contribution in [2.24, 2.45) is 0 Å². The smallest absolute Gasteiger partial charge is 0.267 e. The van der Waals surface area contributed by atoms with Crippen LogP contribution in [0.3, 0.4) is 0 Å². The summed E-state index contributed by atoms with van der Waals surface area (Å²) in [5.74, 6) is 0.529. The van der Waals surface area contributed by atoms with Crippen molar-refractivity contribution in [1.29, 1.82) is 0 Å². The van der Waals surface area contributed by atoms with Gasteiger partial charge in [-0.25, -0.2) is 0 Å². The molecule has 1 heterocycles. The second-order valence-electron chi connectivity index (χ2n) is 6.36. The van der Waals surface area contributed by atoms with E-state index in [-0.39, 0.29) is 5.91 Å². The lowest BCUT2D eigenvalue weighted by atomic mass is 10.1. The summed E-state index contributed by atoms with van der Waals surface area (Å²) in [5, 5.41) is 3.12. The third-order valence-corrected chi connectivity index (χ3v) is 7.36. The van der Waals surface area contributed by atoms with Crippen LogP contribution in [0.15, 0.2) is 20.2 Å². The van der Waals surface area contributed by atoms with Crippen LogP contribution >= 0.6 is 47.0 Å². The molecule has 162 valence electrons. The maximum absolute atomic E-state index is 11.6. The van der Waals surface area contributed by atoms with Crippen LogP contribution in [-0.2, 0) is 9.59 Å². The number of carbonyl (C=O) groups excluding carboxylic acids is 2. The molecule has 3 nitrogen and oxygen atoms in total. The van der Waals surface area contributed by atoms with E-state index in [1.54, 1.807) is 47.0 Å². The van der Waals surface area contributed by atoms with Crippen LogP contribution in [0.1, 0.15) is 65.2 Å². The Balaban J connectivity index is 0.000000521. The Kier molecular flexibility index (Phi) is 17.9. The van der Waals surface area contributed by atoms with E-state index in [2.05, 4.69) is 13.8 Å². The molecule has 0 unspecified atom stereocenters. The lowest BCUT2D eigenvalue weighted by Crippen LogP contribution is -2.40. The highest BCUT2D eigenvalue weighted by molar-refractivity contribution is 8.07. The summed E-state index contributed by atoms with van der Waals surface area (Å²) in [4.78, 5) is 27.0. The number of amides is 1. The zero-order valence-corrected chi connectivity index (χ0v) is 21.6. The van der Waals surface area contributed by atoms with E-state index in [1.807, 2.05) is 35.3 Å². The molecule has 7 heteroatoms. The van der Waals surface area contributed by atoms with E-state index in [4.69, 9.17) is 0 Å². The van der Waals surface area contributed by atoms with Crippen molar-refractivity contribution >= 4 is 58.7 Å². The van der Waals surface area contributed by atoms with Crippen LogP contribution in [0, 0.1) is 0 Å². The predicted molar refractivity (Wildman–Crippen MR) is 134 cm³/mol. The van der Waals surface area contributed by atoms with Crippen molar-refractivity contribution in [3.05, 3.63) is 20.2 Å². The molecule has 0 N–H and O–H groups in total. The summed E-state index contributed by atoms with van der Waals surface area (Å²) in [6.07, 6.45) is 16.9. The maximum Gasteiger partial charge on any atom is 0.267 e. The maximum atomic E-state index is 11.6. The van der Waals surface area contributed by atoms with Gasteiger partial charge in [-0.2, -0.15) is 0 Å². The monoisotopic (exact) mass is 463 g/mol. The van der Waals surface area contributed by atoms with Gasteiger partial charge in [0.1, 0.15) is 4.91 Å². The van der Waals surface area contributed by atoms with E-state index in [9.17, 15) is 9.59 Å². The van der Waals surface area contributed by atoms with Crippen molar-refractivity contribution in [2.75, 3.05) is 31.6 Å². The van der Waals surface area contributed by atoms with Crippen molar-refractivity contribution in [3.8, 4) is 0 Å². The number of allylic oxidation sites excluding steroid dienone is 1. The molecule has 0 radical (unpaired) electrons. The number of carbonyl (C=O) groups is 2. The first-order valence-electron chi connectivity index (χ1n) is 9.96. The Bertz CT molecular complexity index is 530. The van der Waals surface area contributed by atoms with Gasteiger partial charge in [-0.05, 0) is 43.3 Å². The van der Waals surface area contributed by atoms with Crippen molar-refractivity contribution in [2.45, 2.75) is 65.2 Å². The number of nitrogens with zero attached hydrogens (tertiary/aromatic N) is 1. The molecule has 0 aliphatic carbocycles. The van der Waals surface area contributed by atoms with Gasteiger partial charge in [-0.3, -0.25) is 9.59 Å². The van der Waals surface area contributed by atoms with Gasteiger partial charge in [0, 0.05) is 13.0 Å². The molecule has 0 saturated carbocycles. The Hall–Kier alpha value is 0.0200. The van der Waals surface area contributed by atoms with E-state index in [0.29, 0.717) is 12.2 Å². The number of rotatable bonds is 14. The molecule has 1 rings (SSSR count). The third-order valence-electron chi connectivity index (χ3n) is 4.24. The summed E-state index contributed by atoms with van der Waals surface area (Å²) in [6.45, 7) is 5.26. The first kappa shape index (κ1) is 28.0. The minimum Gasteiger partial charge on any atom is -0.301 e. The molecule has 0 saturated heterocycles. The van der Waals surface area contributed by atoms with Gasteiger partial charge in [0.25, 0.3) is 5.91 Å². The molecule has 1 aliphatic rings. The van der Waals surface area contributed by atoms with Crippen LogP contribution in [0.4, 0.5) is 0 Å². The second-order valence-corrected chi connectivity index (χ2v) is 9.53. The standard InChI is InChI=1S/C11H20OS2.C10H17NOS2/c1-4-5-6-7-8-10(12)11(14-3)9-13-2;1-4-5-6-7-11-9(12)8(13-2)10(11)14-3/h9H,4-8H2,1-3H3;4-7H2,1-3H3/b11-9-;. The fourth-order valence-corrected chi connectivity index (χ4v) is 5.73. The minimum absolute atomic E-state index is 0.220. The van der Waals surface area contributed by atoms with E-state index >= 15 is 0 Å². The van der Waals surface area contributed by atoms with Crippen LogP contribution in [0.5, 0.6) is 0 Å². The minimum atomic E-state index is 0.220. The van der Waals surface area contributed by atoms with Crippen LogP contribution < -0.4 is 0 Å². The first-order valence-corrected chi connectivity index (χ1v) is 14.9. The highest BCUT2D eigenvalue weighted by Gasteiger charge is 2.34. The van der Waals surface area contributed by atoms with Gasteiger partial charge in [0.05, 0.1) is 9.93 Å². The SMILES string of the molecule is CCCCCCC(=O)/C(=C/SC)SC.CCCCCN1C(=O)C(SC)=C1SC. The van der Waals surface area contributed by atoms with Gasteiger partial charge in [0.15, 0.2) is 5.78 Å². The molecular weight excluding hydrogens is 427 g/mol. The number of hydrogen-bond acceptors (Lipinski definition) is 6. The molecule has 0 fully saturated rings. The van der Waals surface area contributed by atoms with Gasteiger partial charge in [-0.15, -0.1) is 47.0 Å². The normalized spacial score (nSPS) is 14.0. The van der Waals surface area contributed by atoms with E-state index in [0.717, 1.165) is 29.2 Å². The lowest BCUT2D eigenvalue weighted by molar-refractivity contribution is -0.127. The third kappa shape index (κ3) is 10.2. The molecule has 0 bridgehead atoms. The summed E-state index contributed by atoms with van der Waals surface area (Å²) in [5.41, 5.74) is 0. The number of hydrogen-bond donors (Lipinski definition) is 0. The van der Waals surface area contributed by atoms with Crippen LogP contribution in [-0.4, -0.2) is 48.2 Å².